The second-order valence-electron chi connectivity index (χ2n) is 9.16. The minimum Gasteiger partial charge on any atom is -0.359 e. The molecule has 2 heterocycles. The van der Waals surface area contributed by atoms with Crippen molar-refractivity contribution >= 4 is 5.91 Å². The standard InChI is InChI=1S/C25H34N4O/c1-26-24(30)25(12-7-13-29(18-25)17-20-8-3-2-4-9-20)14-21-10-5-6-11-23(21)22-15-27-19-28-16-22/h5-6,10-11,15-16,19-20H,2-4,7-9,12-14,17-18H2,1H3,(H,26,30). The highest BCUT2D eigenvalue weighted by atomic mass is 16.2. The molecular formula is C25H34N4O. The Balaban J connectivity index is 1.58. The number of amides is 1. The van der Waals surface area contributed by atoms with Crippen molar-refractivity contribution in [3.8, 4) is 11.1 Å². The maximum absolute atomic E-state index is 13.2. The molecule has 1 aromatic carbocycles. The number of nitrogens with zero attached hydrogens (tertiary/aromatic N) is 3. The molecule has 0 bridgehead atoms. The van der Waals surface area contributed by atoms with Gasteiger partial charge >= 0.3 is 0 Å². The van der Waals surface area contributed by atoms with Crippen molar-refractivity contribution < 1.29 is 4.79 Å². The Morgan fingerprint density at radius 3 is 2.67 bits per heavy atom. The molecular weight excluding hydrogens is 372 g/mol. The van der Waals surface area contributed by atoms with Crippen LogP contribution < -0.4 is 5.32 Å². The first-order valence-electron chi connectivity index (χ1n) is 11.5. The fraction of sp³-hybridized carbons (Fsp3) is 0.560. The summed E-state index contributed by atoms with van der Waals surface area (Å²) in [6.07, 6.45) is 14.9. The largest absolute Gasteiger partial charge is 0.359 e. The van der Waals surface area contributed by atoms with Crippen molar-refractivity contribution in [3.63, 3.8) is 0 Å². The van der Waals surface area contributed by atoms with Crippen molar-refractivity contribution in [1.82, 2.24) is 20.2 Å². The van der Waals surface area contributed by atoms with Crippen LogP contribution in [0, 0.1) is 11.3 Å². The molecule has 30 heavy (non-hydrogen) atoms. The lowest BCUT2D eigenvalue weighted by Crippen LogP contribution is -2.53. The van der Waals surface area contributed by atoms with E-state index in [2.05, 4.69) is 44.5 Å². The summed E-state index contributed by atoms with van der Waals surface area (Å²) in [5.74, 6) is 0.975. The van der Waals surface area contributed by atoms with Gasteiger partial charge in [-0.1, -0.05) is 43.5 Å². The molecule has 160 valence electrons. The zero-order chi connectivity index (χ0) is 20.8. The Morgan fingerprint density at radius 2 is 1.90 bits per heavy atom. The van der Waals surface area contributed by atoms with Crippen LogP contribution in [0.25, 0.3) is 11.1 Å². The maximum Gasteiger partial charge on any atom is 0.227 e. The molecule has 5 heteroatoms. The van der Waals surface area contributed by atoms with Gasteiger partial charge in [-0.05, 0) is 55.7 Å². The summed E-state index contributed by atoms with van der Waals surface area (Å²) in [5.41, 5.74) is 2.96. The van der Waals surface area contributed by atoms with Crippen LogP contribution in [0.3, 0.4) is 0 Å². The van der Waals surface area contributed by atoms with E-state index in [1.165, 1.54) is 37.7 Å². The molecule has 0 radical (unpaired) electrons. The van der Waals surface area contributed by atoms with Crippen LogP contribution >= 0.6 is 0 Å². The molecule has 1 N–H and O–H groups in total. The van der Waals surface area contributed by atoms with Gasteiger partial charge < -0.3 is 10.2 Å². The monoisotopic (exact) mass is 406 g/mol. The summed E-state index contributed by atoms with van der Waals surface area (Å²) in [5, 5.41) is 2.99. The lowest BCUT2D eigenvalue weighted by Gasteiger charge is -2.43. The fourth-order valence-corrected chi connectivity index (χ4v) is 5.55. The summed E-state index contributed by atoms with van der Waals surface area (Å²) in [4.78, 5) is 24.2. The normalized spacial score (nSPS) is 23.2. The number of piperidine rings is 1. The molecule has 2 aromatic rings. The lowest BCUT2D eigenvalue weighted by atomic mass is 9.73. The molecule has 2 fully saturated rings. The van der Waals surface area contributed by atoms with Gasteiger partial charge in [-0.25, -0.2) is 9.97 Å². The zero-order valence-corrected chi connectivity index (χ0v) is 18.1. The number of likely N-dealkylation sites (tertiary alicyclic amines) is 1. The summed E-state index contributed by atoms with van der Waals surface area (Å²) < 4.78 is 0. The minimum absolute atomic E-state index is 0.176. The number of rotatable bonds is 6. The highest BCUT2D eigenvalue weighted by Crippen LogP contribution is 2.38. The van der Waals surface area contributed by atoms with Crippen LogP contribution in [-0.4, -0.2) is 47.5 Å². The van der Waals surface area contributed by atoms with E-state index in [4.69, 9.17) is 0 Å². The molecule has 2 aliphatic rings. The van der Waals surface area contributed by atoms with E-state index < -0.39 is 0 Å². The molecule has 5 nitrogen and oxygen atoms in total. The van der Waals surface area contributed by atoms with Gasteiger partial charge in [-0.15, -0.1) is 0 Å². The number of nitrogens with one attached hydrogen (secondary N) is 1. The third-order valence-corrected chi connectivity index (χ3v) is 7.02. The highest BCUT2D eigenvalue weighted by Gasteiger charge is 2.42. The van der Waals surface area contributed by atoms with Gasteiger partial charge in [0.25, 0.3) is 0 Å². The highest BCUT2D eigenvalue weighted by molar-refractivity contribution is 5.83. The Kier molecular flexibility index (Phi) is 6.78. The van der Waals surface area contributed by atoms with Gasteiger partial charge in [0.2, 0.25) is 5.91 Å². The van der Waals surface area contributed by atoms with E-state index in [9.17, 15) is 4.79 Å². The topological polar surface area (TPSA) is 58.1 Å². The van der Waals surface area contributed by atoms with E-state index in [0.29, 0.717) is 0 Å². The summed E-state index contributed by atoms with van der Waals surface area (Å²) >= 11 is 0. The minimum atomic E-state index is -0.382. The van der Waals surface area contributed by atoms with E-state index in [-0.39, 0.29) is 11.3 Å². The fourth-order valence-electron chi connectivity index (χ4n) is 5.55. The molecule has 1 saturated heterocycles. The predicted octanol–water partition coefficient (Wildman–Crippen LogP) is 4.09. The third kappa shape index (κ3) is 4.72. The van der Waals surface area contributed by atoms with Crippen LogP contribution in [-0.2, 0) is 11.2 Å². The zero-order valence-electron chi connectivity index (χ0n) is 18.1. The first kappa shape index (κ1) is 21.0. The molecule has 1 aromatic heterocycles. The SMILES string of the molecule is CNC(=O)C1(Cc2ccccc2-c2cncnc2)CCCN(CC2CCCCC2)C1. The predicted molar refractivity (Wildman–Crippen MR) is 120 cm³/mol. The van der Waals surface area contributed by atoms with Crippen molar-refractivity contribution in [1.29, 1.82) is 0 Å². The molecule has 1 atom stereocenters. The van der Waals surface area contributed by atoms with Gasteiger partial charge in [-0.3, -0.25) is 4.79 Å². The van der Waals surface area contributed by atoms with E-state index in [1.54, 1.807) is 13.4 Å². The average Bonchev–Trinajstić information content (AvgIpc) is 2.80. The smallest absolute Gasteiger partial charge is 0.227 e. The number of carbonyl (C=O) groups excluding carboxylic acids is 1. The molecule has 0 spiro atoms. The number of carbonyl (C=O) groups is 1. The van der Waals surface area contributed by atoms with Gasteiger partial charge in [0, 0.05) is 38.1 Å². The molecule has 1 amide bonds. The van der Waals surface area contributed by atoms with Crippen molar-refractivity contribution in [2.75, 3.05) is 26.7 Å². The van der Waals surface area contributed by atoms with E-state index >= 15 is 0 Å². The maximum atomic E-state index is 13.2. The molecule has 1 saturated carbocycles. The summed E-state index contributed by atoms with van der Waals surface area (Å²) in [6, 6.07) is 8.40. The number of hydrogen-bond acceptors (Lipinski definition) is 4. The van der Waals surface area contributed by atoms with Crippen LogP contribution in [0.2, 0.25) is 0 Å². The number of aromatic nitrogens is 2. The molecule has 4 rings (SSSR count). The Labute approximate surface area is 180 Å². The van der Waals surface area contributed by atoms with Gasteiger partial charge in [0.05, 0.1) is 5.41 Å². The Morgan fingerprint density at radius 1 is 1.13 bits per heavy atom. The van der Waals surface area contributed by atoms with Crippen LogP contribution in [0.5, 0.6) is 0 Å². The van der Waals surface area contributed by atoms with E-state index in [0.717, 1.165) is 55.9 Å². The van der Waals surface area contributed by atoms with E-state index in [1.807, 2.05) is 12.4 Å². The summed E-state index contributed by atoms with van der Waals surface area (Å²) in [6.45, 7) is 3.11. The average molecular weight is 407 g/mol. The Hall–Kier alpha value is -2.27. The van der Waals surface area contributed by atoms with Gasteiger partial charge in [0.15, 0.2) is 0 Å². The van der Waals surface area contributed by atoms with Crippen LogP contribution in [0.1, 0.15) is 50.5 Å². The van der Waals surface area contributed by atoms with Crippen LogP contribution in [0.15, 0.2) is 43.0 Å². The second-order valence-corrected chi connectivity index (χ2v) is 9.16. The van der Waals surface area contributed by atoms with Crippen LogP contribution in [0.4, 0.5) is 0 Å². The van der Waals surface area contributed by atoms with Gasteiger partial charge in [-0.2, -0.15) is 0 Å². The Bertz CT molecular complexity index is 834. The molecule has 1 aliphatic carbocycles. The van der Waals surface area contributed by atoms with Gasteiger partial charge in [0.1, 0.15) is 6.33 Å². The summed E-state index contributed by atoms with van der Waals surface area (Å²) in [7, 11) is 1.78. The second kappa shape index (κ2) is 9.69. The quantitative estimate of drug-likeness (QED) is 0.785. The number of hydrogen-bond donors (Lipinski definition) is 1. The van der Waals surface area contributed by atoms with Crippen molar-refractivity contribution in [2.45, 2.75) is 51.4 Å². The van der Waals surface area contributed by atoms with Crippen molar-refractivity contribution in [3.05, 3.63) is 48.5 Å². The first-order chi connectivity index (χ1) is 14.7. The van der Waals surface area contributed by atoms with Crippen molar-refractivity contribution in [2.24, 2.45) is 11.3 Å². The lowest BCUT2D eigenvalue weighted by molar-refractivity contribution is -0.134. The molecule has 1 unspecified atom stereocenters. The first-order valence-corrected chi connectivity index (χ1v) is 11.5. The molecule has 1 aliphatic heterocycles. The number of benzene rings is 1. The third-order valence-electron chi connectivity index (χ3n) is 7.02.